The lowest BCUT2D eigenvalue weighted by Gasteiger charge is -2.12. The highest BCUT2D eigenvalue weighted by Crippen LogP contribution is 2.27. The van der Waals surface area contributed by atoms with Crippen LogP contribution in [0, 0.1) is 6.92 Å². The molecule has 0 aliphatic rings. The van der Waals surface area contributed by atoms with E-state index in [2.05, 4.69) is 68.6 Å². The van der Waals surface area contributed by atoms with Crippen LogP contribution in [-0.4, -0.2) is 7.05 Å². The van der Waals surface area contributed by atoms with Crippen molar-refractivity contribution in [2.24, 2.45) is 0 Å². The van der Waals surface area contributed by atoms with Gasteiger partial charge in [-0.15, -0.1) is 0 Å². The fraction of sp³-hybridized carbons (Fsp3) is 0.333. The van der Waals surface area contributed by atoms with E-state index in [0.717, 1.165) is 6.54 Å². The average molecular weight is 253 g/mol. The Morgan fingerprint density at radius 3 is 2.26 bits per heavy atom. The summed E-state index contributed by atoms with van der Waals surface area (Å²) in [7, 11) is 1.99. The number of benzene rings is 2. The van der Waals surface area contributed by atoms with Crippen molar-refractivity contribution in [1.29, 1.82) is 0 Å². The first-order valence-electron chi connectivity index (χ1n) is 6.96. The fourth-order valence-electron chi connectivity index (χ4n) is 2.35. The van der Waals surface area contributed by atoms with E-state index >= 15 is 0 Å². The quantitative estimate of drug-likeness (QED) is 0.845. The largest absolute Gasteiger partial charge is 0.316 e. The predicted octanol–water partition coefficient (Wildman–Crippen LogP) is 4.50. The Morgan fingerprint density at radius 2 is 1.68 bits per heavy atom. The first-order chi connectivity index (χ1) is 9.11. The summed E-state index contributed by atoms with van der Waals surface area (Å²) in [6.07, 6.45) is 0. The minimum atomic E-state index is 0.586. The molecule has 100 valence electrons. The van der Waals surface area contributed by atoms with Gasteiger partial charge in [-0.25, -0.2) is 0 Å². The van der Waals surface area contributed by atoms with Crippen molar-refractivity contribution in [3.8, 4) is 11.1 Å². The third-order valence-electron chi connectivity index (χ3n) is 3.52. The number of hydrogen-bond donors (Lipinski definition) is 1. The Bertz CT molecular complexity index is 538. The lowest BCUT2D eigenvalue weighted by Crippen LogP contribution is -2.06. The predicted molar refractivity (Wildman–Crippen MR) is 83.5 cm³/mol. The lowest BCUT2D eigenvalue weighted by atomic mass is 9.95. The van der Waals surface area contributed by atoms with Crippen LogP contribution in [0.4, 0.5) is 0 Å². The summed E-state index contributed by atoms with van der Waals surface area (Å²) in [6.45, 7) is 7.51. The Balaban J connectivity index is 2.42. The van der Waals surface area contributed by atoms with Gasteiger partial charge in [-0.2, -0.15) is 0 Å². The standard InChI is InChI=1S/C18H23N/c1-13(2)15-7-9-16(10-8-15)18-11-14(3)5-6-17(18)12-19-4/h5-11,13,19H,12H2,1-4H3. The molecule has 19 heavy (non-hydrogen) atoms. The molecule has 0 spiro atoms. The highest BCUT2D eigenvalue weighted by Gasteiger charge is 2.06. The molecule has 1 N–H and O–H groups in total. The molecule has 0 amide bonds. The summed E-state index contributed by atoms with van der Waals surface area (Å²) in [5.41, 5.74) is 6.70. The van der Waals surface area contributed by atoms with Gasteiger partial charge < -0.3 is 5.32 Å². The zero-order valence-corrected chi connectivity index (χ0v) is 12.3. The van der Waals surface area contributed by atoms with E-state index in [0.29, 0.717) is 5.92 Å². The van der Waals surface area contributed by atoms with E-state index in [1.807, 2.05) is 7.05 Å². The van der Waals surface area contributed by atoms with Gasteiger partial charge in [0.15, 0.2) is 0 Å². The van der Waals surface area contributed by atoms with Gasteiger partial charge in [0.25, 0.3) is 0 Å². The molecule has 0 aliphatic carbocycles. The molecule has 1 heteroatoms. The average Bonchev–Trinajstić information content (AvgIpc) is 2.41. The van der Waals surface area contributed by atoms with Gasteiger partial charge in [0, 0.05) is 6.54 Å². The zero-order chi connectivity index (χ0) is 13.8. The Labute approximate surface area is 116 Å². The van der Waals surface area contributed by atoms with Crippen LogP contribution in [0.15, 0.2) is 42.5 Å². The molecule has 2 rings (SSSR count). The van der Waals surface area contributed by atoms with Crippen molar-refractivity contribution in [2.45, 2.75) is 33.2 Å². The Kier molecular flexibility index (Phi) is 4.39. The van der Waals surface area contributed by atoms with Crippen LogP contribution in [0.1, 0.15) is 36.5 Å². The van der Waals surface area contributed by atoms with Crippen molar-refractivity contribution in [3.05, 3.63) is 59.2 Å². The molecular weight excluding hydrogens is 230 g/mol. The summed E-state index contributed by atoms with van der Waals surface area (Å²) in [5, 5.41) is 3.24. The molecule has 0 bridgehead atoms. The van der Waals surface area contributed by atoms with E-state index in [9.17, 15) is 0 Å². The first-order valence-corrected chi connectivity index (χ1v) is 6.96. The Morgan fingerprint density at radius 1 is 1.00 bits per heavy atom. The monoisotopic (exact) mass is 253 g/mol. The van der Waals surface area contributed by atoms with Crippen molar-refractivity contribution in [1.82, 2.24) is 5.32 Å². The summed E-state index contributed by atoms with van der Waals surface area (Å²) >= 11 is 0. The maximum Gasteiger partial charge on any atom is 0.0208 e. The number of rotatable bonds is 4. The second kappa shape index (κ2) is 6.03. The maximum atomic E-state index is 3.24. The minimum absolute atomic E-state index is 0.586. The molecule has 0 unspecified atom stereocenters. The number of hydrogen-bond acceptors (Lipinski definition) is 1. The SMILES string of the molecule is CNCc1ccc(C)cc1-c1ccc(C(C)C)cc1. The van der Waals surface area contributed by atoms with Gasteiger partial charge in [-0.3, -0.25) is 0 Å². The number of nitrogens with one attached hydrogen (secondary N) is 1. The second-order valence-electron chi connectivity index (χ2n) is 5.47. The third kappa shape index (κ3) is 3.24. The van der Waals surface area contributed by atoms with Crippen LogP contribution in [0.5, 0.6) is 0 Å². The van der Waals surface area contributed by atoms with Gasteiger partial charge in [0.1, 0.15) is 0 Å². The summed E-state index contributed by atoms with van der Waals surface area (Å²) in [4.78, 5) is 0. The van der Waals surface area contributed by atoms with Crippen molar-refractivity contribution >= 4 is 0 Å². The topological polar surface area (TPSA) is 12.0 Å². The molecule has 0 aliphatic heterocycles. The van der Waals surface area contributed by atoms with Gasteiger partial charge in [0.2, 0.25) is 0 Å². The minimum Gasteiger partial charge on any atom is -0.316 e. The van der Waals surface area contributed by atoms with Crippen LogP contribution in [0.25, 0.3) is 11.1 Å². The van der Waals surface area contributed by atoms with Crippen LogP contribution in [0.2, 0.25) is 0 Å². The third-order valence-corrected chi connectivity index (χ3v) is 3.52. The van der Waals surface area contributed by atoms with E-state index in [-0.39, 0.29) is 0 Å². The van der Waals surface area contributed by atoms with Crippen LogP contribution in [0.3, 0.4) is 0 Å². The Hall–Kier alpha value is -1.60. The van der Waals surface area contributed by atoms with Gasteiger partial charge in [-0.1, -0.05) is 61.9 Å². The van der Waals surface area contributed by atoms with Crippen molar-refractivity contribution in [2.75, 3.05) is 7.05 Å². The maximum absolute atomic E-state index is 3.24. The molecule has 0 saturated heterocycles. The van der Waals surface area contributed by atoms with Crippen molar-refractivity contribution < 1.29 is 0 Å². The van der Waals surface area contributed by atoms with Crippen LogP contribution < -0.4 is 5.32 Å². The van der Waals surface area contributed by atoms with Gasteiger partial charge in [0.05, 0.1) is 0 Å². The zero-order valence-electron chi connectivity index (χ0n) is 12.3. The molecule has 1 nitrogen and oxygen atoms in total. The van der Waals surface area contributed by atoms with Crippen LogP contribution in [-0.2, 0) is 6.54 Å². The molecule has 0 aromatic heterocycles. The smallest absolute Gasteiger partial charge is 0.0208 e. The molecular formula is C18H23N. The van der Waals surface area contributed by atoms with E-state index < -0.39 is 0 Å². The molecule has 2 aromatic carbocycles. The normalized spacial score (nSPS) is 11.0. The van der Waals surface area contributed by atoms with Crippen LogP contribution >= 0.6 is 0 Å². The van der Waals surface area contributed by atoms with E-state index in [1.165, 1.54) is 27.8 Å². The highest BCUT2D eigenvalue weighted by atomic mass is 14.8. The number of aryl methyl sites for hydroxylation is 1. The molecule has 0 radical (unpaired) electrons. The first kappa shape index (κ1) is 13.8. The molecule has 0 atom stereocenters. The molecule has 0 heterocycles. The molecule has 2 aromatic rings. The summed E-state index contributed by atoms with van der Waals surface area (Å²) in [5.74, 6) is 0.586. The van der Waals surface area contributed by atoms with E-state index in [1.54, 1.807) is 0 Å². The van der Waals surface area contributed by atoms with E-state index in [4.69, 9.17) is 0 Å². The van der Waals surface area contributed by atoms with Crippen molar-refractivity contribution in [3.63, 3.8) is 0 Å². The highest BCUT2D eigenvalue weighted by molar-refractivity contribution is 5.68. The summed E-state index contributed by atoms with van der Waals surface area (Å²) in [6, 6.07) is 15.6. The summed E-state index contributed by atoms with van der Waals surface area (Å²) < 4.78 is 0. The van der Waals surface area contributed by atoms with Gasteiger partial charge >= 0.3 is 0 Å². The second-order valence-corrected chi connectivity index (χ2v) is 5.47. The van der Waals surface area contributed by atoms with Gasteiger partial charge in [-0.05, 0) is 42.1 Å². The lowest BCUT2D eigenvalue weighted by molar-refractivity contribution is 0.819. The fourth-order valence-corrected chi connectivity index (χ4v) is 2.35. The molecule has 0 fully saturated rings. The molecule has 0 saturated carbocycles.